The molecule has 0 saturated carbocycles. The molecule has 1 nitrogen and oxygen atoms in total. The maximum Gasteiger partial charge on any atom is 0.0591 e. The lowest BCUT2D eigenvalue weighted by atomic mass is 9.73. The van der Waals surface area contributed by atoms with Gasteiger partial charge in [0.2, 0.25) is 0 Å². The molecule has 0 bridgehead atoms. The summed E-state index contributed by atoms with van der Waals surface area (Å²) in [6, 6.07) is 16.7. The highest BCUT2D eigenvalue weighted by molar-refractivity contribution is 9.10. The van der Waals surface area contributed by atoms with Gasteiger partial charge in [-0.3, -0.25) is 0 Å². The average Bonchev–Trinajstić information content (AvgIpc) is 2.46. The summed E-state index contributed by atoms with van der Waals surface area (Å²) in [5.74, 6) is 0.668. The van der Waals surface area contributed by atoms with Crippen LogP contribution in [0.5, 0.6) is 0 Å². The third kappa shape index (κ3) is 2.16. The molecule has 0 amide bonds. The number of rotatable bonds is 3. The van der Waals surface area contributed by atoms with Crippen LogP contribution < -0.4 is 4.90 Å². The Morgan fingerprint density at radius 2 is 1.95 bits per heavy atom. The number of para-hydroxylation sites is 1. The minimum Gasteiger partial charge on any atom is -0.313 e. The summed E-state index contributed by atoms with van der Waals surface area (Å²) < 4.78 is 1.09. The number of hydrogen-bond acceptors (Lipinski definition) is 2. The molecule has 21 heavy (non-hydrogen) atoms. The van der Waals surface area contributed by atoms with Gasteiger partial charge in [0.15, 0.2) is 0 Å². The quantitative estimate of drug-likeness (QED) is 0.689. The zero-order valence-electron chi connectivity index (χ0n) is 11.3. The van der Waals surface area contributed by atoms with Crippen molar-refractivity contribution in [3.8, 4) is 0 Å². The summed E-state index contributed by atoms with van der Waals surface area (Å²) in [6.45, 7) is 0. The third-order valence-electron chi connectivity index (χ3n) is 4.11. The minimum atomic E-state index is 0.668. The second-order valence-corrected chi connectivity index (χ2v) is 6.77. The molecule has 0 aromatic heterocycles. The molecule has 4 rings (SSSR count). The van der Waals surface area contributed by atoms with Gasteiger partial charge < -0.3 is 4.90 Å². The topological polar surface area (TPSA) is 3.24 Å². The SMILES string of the molecule is Sc1ccccc1N(C1=C2C=CC2C1)c1cccc(Br)c1. The van der Waals surface area contributed by atoms with Crippen LogP contribution in [0.1, 0.15) is 6.42 Å². The summed E-state index contributed by atoms with van der Waals surface area (Å²) in [4.78, 5) is 3.33. The Kier molecular flexibility index (Phi) is 3.20. The largest absolute Gasteiger partial charge is 0.313 e. The average molecular weight is 356 g/mol. The van der Waals surface area contributed by atoms with Crippen molar-refractivity contribution in [1.29, 1.82) is 0 Å². The molecule has 0 spiro atoms. The lowest BCUT2D eigenvalue weighted by molar-refractivity contribution is 0.613. The monoisotopic (exact) mass is 355 g/mol. The molecule has 0 aliphatic heterocycles. The van der Waals surface area contributed by atoms with E-state index in [1.54, 1.807) is 0 Å². The van der Waals surface area contributed by atoms with E-state index in [0.29, 0.717) is 5.92 Å². The zero-order chi connectivity index (χ0) is 14.4. The molecular formula is C18H14BrNS. The van der Waals surface area contributed by atoms with E-state index in [2.05, 4.69) is 82.0 Å². The van der Waals surface area contributed by atoms with Crippen LogP contribution >= 0.6 is 28.6 Å². The molecule has 0 heterocycles. The van der Waals surface area contributed by atoms with E-state index in [1.165, 1.54) is 17.0 Å². The third-order valence-corrected chi connectivity index (χ3v) is 4.98. The van der Waals surface area contributed by atoms with E-state index in [0.717, 1.165) is 21.5 Å². The van der Waals surface area contributed by atoms with E-state index in [4.69, 9.17) is 0 Å². The van der Waals surface area contributed by atoms with Crippen molar-refractivity contribution in [3.05, 3.63) is 76.4 Å². The predicted octanol–water partition coefficient (Wildman–Crippen LogP) is 5.72. The second kappa shape index (κ2) is 5.08. The van der Waals surface area contributed by atoms with Crippen molar-refractivity contribution in [2.75, 3.05) is 4.90 Å². The Bertz CT molecular complexity index is 778. The molecule has 104 valence electrons. The predicted molar refractivity (Wildman–Crippen MR) is 94.2 cm³/mol. The lowest BCUT2D eigenvalue weighted by Crippen LogP contribution is -2.32. The molecule has 0 radical (unpaired) electrons. The number of allylic oxidation sites excluding steroid dienone is 4. The van der Waals surface area contributed by atoms with Gasteiger partial charge in [-0.1, -0.05) is 46.3 Å². The van der Waals surface area contributed by atoms with E-state index in [1.807, 2.05) is 12.1 Å². The standard InChI is InChI=1S/C18H14BrNS/c19-13-4-3-5-14(11-13)20(16-6-1-2-7-18(16)21)17-10-12-8-9-15(12)17/h1-9,11-12,21H,10H2. The van der Waals surface area contributed by atoms with Crippen molar-refractivity contribution >= 4 is 39.9 Å². The van der Waals surface area contributed by atoms with Crippen molar-refractivity contribution in [2.24, 2.45) is 5.92 Å². The van der Waals surface area contributed by atoms with E-state index in [-0.39, 0.29) is 0 Å². The first-order valence-corrected chi connectivity index (χ1v) is 8.23. The van der Waals surface area contributed by atoms with Crippen molar-refractivity contribution in [1.82, 2.24) is 0 Å². The fraction of sp³-hybridized carbons (Fsp3) is 0.111. The molecule has 0 saturated heterocycles. The molecule has 3 heteroatoms. The Morgan fingerprint density at radius 3 is 2.57 bits per heavy atom. The van der Waals surface area contributed by atoms with Gasteiger partial charge in [-0.15, -0.1) is 12.6 Å². The van der Waals surface area contributed by atoms with Crippen LogP contribution in [0, 0.1) is 5.92 Å². The Hall–Kier alpha value is -1.45. The highest BCUT2D eigenvalue weighted by atomic mass is 79.9. The van der Waals surface area contributed by atoms with Crippen molar-refractivity contribution < 1.29 is 0 Å². The van der Waals surface area contributed by atoms with Gasteiger partial charge in [0.05, 0.1) is 5.69 Å². The van der Waals surface area contributed by atoms with Gasteiger partial charge >= 0.3 is 0 Å². The maximum absolute atomic E-state index is 4.65. The van der Waals surface area contributed by atoms with Gasteiger partial charge in [-0.05, 0) is 42.3 Å². The highest BCUT2D eigenvalue weighted by Gasteiger charge is 2.35. The first-order valence-electron chi connectivity index (χ1n) is 6.99. The van der Waals surface area contributed by atoms with Gasteiger partial charge in [-0.2, -0.15) is 0 Å². The number of halogens is 1. The summed E-state index contributed by atoms with van der Waals surface area (Å²) in [6.07, 6.45) is 5.63. The molecule has 1 atom stereocenters. The number of thiol groups is 1. The van der Waals surface area contributed by atoms with E-state index < -0.39 is 0 Å². The first kappa shape index (κ1) is 13.2. The van der Waals surface area contributed by atoms with E-state index >= 15 is 0 Å². The minimum absolute atomic E-state index is 0.668. The molecule has 1 unspecified atom stereocenters. The Morgan fingerprint density at radius 1 is 1.10 bits per heavy atom. The van der Waals surface area contributed by atoms with Crippen LogP contribution in [0.4, 0.5) is 11.4 Å². The van der Waals surface area contributed by atoms with Gasteiger partial charge in [0, 0.05) is 26.7 Å². The summed E-state index contributed by atoms with van der Waals surface area (Å²) >= 11 is 8.22. The molecule has 0 fully saturated rings. The van der Waals surface area contributed by atoms with Crippen molar-refractivity contribution in [3.63, 3.8) is 0 Å². The van der Waals surface area contributed by atoms with Crippen LogP contribution in [0.25, 0.3) is 0 Å². The smallest absolute Gasteiger partial charge is 0.0591 e. The van der Waals surface area contributed by atoms with Gasteiger partial charge in [-0.25, -0.2) is 0 Å². The molecular weight excluding hydrogens is 342 g/mol. The zero-order valence-corrected chi connectivity index (χ0v) is 13.8. The number of hydrogen-bond donors (Lipinski definition) is 1. The van der Waals surface area contributed by atoms with Gasteiger partial charge in [0.1, 0.15) is 0 Å². The molecule has 0 N–H and O–H groups in total. The van der Waals surface area contributed by atoms with Crippen LogP contribution in [0.2, 0.25) is 0 Å². The molecule has 2 aromatic rings. The molecule has 2 aromatic carbocycles. The number of anilines is 2. The number of nitrogens with zero attached hydrogens (tertiary/aromatic N) is 1. The molecule has 2 aliphatic carbocycles. The maximum atomic E-state index is 4.65. The highest BCUT2D eigenvalue weighted by Crippen LogP contribution is 2.49. The van der Waals surface area contributed by atoms with Crippen LogP contribution in [0.15, 0.2) is 81.3 Å². The summed E-state index contributed by atoms with van der Waals surface area (Å²) in [5, 5.41) is 0. The summed E-state index contributed by atoms with van der Waals surface area (Å²) in [7, 11) is 0. The fourth-order valence-electron chi connectivity index (χ4n) is 2.94. The van der Waals surface area contributed by atoms with Gasteiger partial charge in [0.25, 0.3) is 0 Å². The fourth-order valence-corrected chi connectivity index (χ4v) is 3.59. The number of benzene rings is 2. The van der Waals surface area contributed by atoms with Crippen LogP contribution in [-0.2, 0) is 0 Å². The lowest BCUT2D eigenvalue weighted by Gasteiger charge is -2.42. The van der Waals surface area contributed by atoms with Crippen LogP contribution in [0.3, 0.4) is 0 Å². The number of fused-ring (bicyclic) bond motifs is 1. The Balaban J connectivity index is 1.88. The normalized spacial score (nSPS) is 18.9. The second-order valence-electron chi connectivity index (χ2n) is 5.38. The first-order chi connectivity index (χ1) is 10.2. The van der Waals surface area contributed by atoms with E-state index in [9.17, 15) is 0 Å². The summed E-state index contributed by atoms with van der Waals surface area (Å²) in [5.41, 5.74) is 5.17. The van der Waals surface area contributed by atoms with Crippen molar-refractivity contribution in [2.45, 2.75) is 11.3 Å². The van der Waals surface area contributed by atoms with Crippen LogP contribution in [-0.4, -0.2) is 0 Å². The molecule has 2 aliphatic rings. The Labute approximate surface area is 138 Å².